The van der Waals surface area contributed by atoms with E-state index in [2.05, 4.69) is 4.98 Å². The van der Waals surface area contributed by atoms with Gasteiger partial charge < -0.3 is 18.3 Å². The van der Waals surface area contributed by atoms with Crippen molar-refractivity contribution in [1.82, 2.24) is 10.0 Å². The number of benzene rings is 2. The Morgan fingerprint density at radius 1 is 0.911 bits per heavy atom. The van der Waals surface area contributed by atoms with Crippen LogP contribution in [0.25, 0.3) is 28.0 Å². The zero-order chi connectivity index (χ0) is 33.3. The van der Waals surface area contributed by atoms with Gasteiger partial charge in [-0.1, -0.05) is 6.07 Å². The number of amides is 1. The molecule has 12 heteroatoms. The van der Waals surface area contributed by atoms with Gasteiger partial charge in [0.15, 0.2) is 0 Å². The molecule has 0 N–H and O–H groups in total. The highest BCUT2D eigenvalue weighted by molar-refractivity contribution is 5.83. The van der Waals surface area contributed by atoms with E-state index in [1.165, 1.54) is 18.3 Å². The lowest BCUT2D eigenvalue weighted by Crippen LogP contribution is -2.37. The number of ether oxygens (including phenoxy) is 2. The monoisotopic (exact) mass is 628 g/mol. The zero-order valence-corrected chi connectivity index (χ0v) is 26.3. The topological polar surface area (TPSA) is 104 Å². The Balaban J connectivity index is 1.55. The molecule has 9 nitrogen and oxygen atoms in total. The molecule has 1 amide bonds. The first-order valence-corrected chi connectivity index (χ1v) is 14.1. The molecule has 0 unspecified atom stereocenters. The summed E-state index contributed by atoms with van der Waals surface area (Å²) in [6, 6.07) is 11.8. The molecule has 0 bridgehead atoms. The summed E-state index contributed by atoms with van der Waals surface area (Å²) in [4.78, 5) is 34.9. The van der Waals surface area contributed by atoms with Crippen LogP contribution in [0.15, 0.2) is 63.6 Å². The molecule has 4 aromatic rings. The van der Waals surface area contributed by atoms with Crippen LogP contribution in [-0.4, -0.2) is 33.5 Å². The van der Waals surface area contributed by atoms with E-state index < -0.39 is 35.2 Å². The highest BCUT2D eigenvalue weighted by Crippen LogP contribution is 2.32. The zero-order valence-electron chi connectivity index (χ0n) is 26.3. The van der Waals surface area contributed by atoms with Gasteiger partial charge in [-0.05, 0) is 109 Å². The third-order valence-electron chi connectivity index (χ3n) is 6.16. The Labute approximate surface area is 258 Å². The number of hydroxylamine groups is 2. The van der Waals surface area contributed by atoms with Gasteiger partial charge in [-0.15, -0.1) is 5.06 Å². The number of aromatic nitrogens is 1. The summed E-state index contributed by atoms with van der Waals surface area (Å²) in [6.45, 7) is 13.5. The molecule has 0 aliphatic carbocycles. The molecule has 0 saturated heterocycles. The Kier molecular flexibility index (Phi) is 9.09. The summed E-state index contributed by atoms with van der Waals surface area (Å²) in [6.07, 6.45) is -4.79. The van der Waals surface area contributed by atoms with Crippen LogP contribution in [0.2, 0.25) is 0 Å². The molecule has 0 fully saturated rings. The van der Waals surface area contributed by atoms with Gasteiger partial charge in [0, 0.05) is 10.9 Å². The Morgan fingerprint density at radius 2 is 1.56 bits per heavy atom. The highest BCUT2D eigenvalue weighted by atomic mass is 19.4. The average Bonchev–Trinajstić information content (AvgIpc) is 3.47. The van der Waals surface area contributed by atoms with Crippen molar-refractivity contribution < 1.29 is 45.9 Å². The van der Waals surface area contributed by atoms with E-state index in [-0.39, 0.29) is 12.3 Å². The number of fused-ring (bicyclic) bond motifs is 1. The molecule has 4 rings (SSSR count). The van der Waals surface area contributed by atoms with Crippen LogP contribution in [0.5, 0.6) is 0 Å². The molecule has 0 saturated carbocycles. The fourth-order valence-corrected chi connectivity index (χ4v) is 4.14. The van der Waals surface area contributed by atoms with Crippen molar-refractivity contribution in [2.24, 2.45) is 0 Å². The van der Waals surface area contributed by atoms with E-state index in [1.807, 2.05) is 12.1 Å². The standard InChI is InChI=1S/C33H35F3N2O7/c1-19(18-38(29(39)43-31(3,4)5)45-30(40)44-32(6,7)8)22-11-14-27-23(15-22)16-25(42-27)17-26-20(2)41-28(37-26)21-9-12-24(13-10-21)33(34,35)36/h9-16,18H,17H2,1-8H3/b19-18+. The van der Waals surface area contributed by atoms with Crippen LogP contribution >= 0.6 is 0 Å². The van der Waals surface area contributed by atoms with Crippen molar-refractivity contribution in [3.63, 3.8) is 0 Å². The maximum atomic E-state index is 12.9. The lowest BCUT2D eigenvalue weighted by molar-refractivity contribution is -0.137. The summed E-state index contributed by atoms with van der Waals surface area (Å²) >= 11 is 0. The van der Waals surface area contributed by atoms with Crippen LogP contribution < -0.4 is 0 Å². The highest BCUT2D eigenvalue weighted by Gasteiger charge is 2.30. The van der Waals surface area contributed by atoms with Crippen molar-refractivity contribution in [2.45, 2.75) is 79.2 Å². The first kappa shape index (κ1) is 33.2. The molecule has 0 aliphatic rings. The predicted octanol–water partition coefficient (Wildman–Crippen LogP) is 9.47. The number of furan rings is 1. The number of allylic oxidation sites excluding steroid dienone is 1. The van der Waals surface area contributed by atoms with Crippen molar-refractivity contribution >= 4 is 28.8 Å². The molecule has 45 heavy (non-hydrogen) atoms. The van der Waals surface area contributed by atoms with Gasteiger partial charge in [0.2, 0.25) is 5.89 Å². The quantitative estimate of drug-likeness (QED) is 0.159. The first-order valence-electron chi connectivity index (χ1n) is 14.1. The van der Waals surface area contributed by atoms with Crippen LogP contribution in [0.3, 0.4) is 0 Å². The molecule has 0 atom stereocenters. The summed E-state index contributed by atoms with van der Waals surface area (Å²) in [5, 5.41) is 1.46. The van der Waals surface area contributed by atoms with E-state index in [4.69, 9.17) is 23.1 Å². The van der Waals surface area contributed by atoms with Gasteiger partial charge in [0.1, 0.15) is 28.3 Å². The Morgan fingerprint density at radius 3 is 2.16 bits per heavy atom. The van der Waals surface area contributed by atoms with Crippen molar-refractivity contribution in [3.8, 4) is 11.5 Å². The van der Waals surface area contributed by atoms with Crippen molar-refractivity contribution in [3.05, 3.63) is 83.1 Å². The van der Waals surface area contributed by atoms with Gasteiger partial charge >= 0.3 is 18.4 Å². The third kappa shape index (κ3) is 8.90. The molecular weight excluding hydrogens is 593 g/mol. The first-order chi connectivity index (χ1) is 20.8. The van der Waals surface area contributed by atoms with Crippen molar-refractivity contribution in [2.75, 3.05) is 0 Å². The van der Waals surface area contributed by atoms with E-state index in [9.17, 15) is 22.8 Å². The third-order valence-corrected chi connectivity index (χ3v) is 6.16. The number of carbonyl (C=O) groups excluding carboxylic acids is 2. The minimum atomic E-state index is -4.43. The number of hydrogen-bond donors (Lipinski definition) is 0. The second kappa shape index (κ2) is 12.3. The average molecular weight is 629 g/mol. The van der Waals surface area contributed by atoms with Crippen LogP contribution in [-0.2, 0) is 26.9 Å². The number of hydrogen-bond acceptors (Lipinski definition) is 8. The largest absolute Gasteiger partial charge is 0.534 e. The minimum absolute atomic E-state index is 0.207. The Bertz CT molecular complexity index is 1720. The second-order valence-corrected chi connectivity index (χ2v) is 12.4. The number of carbonyl (C=O) groups is 2. The lowest BCUT2D eigenvalue weighted by atomic mass is 10.1. The maximum Gasteiger partial charge on any atom is 0.534 e. The number of nitrogens with zero attached hydrogens (tertiary/aromatic N) is 2. The molecular formula is C33H35F3N2O7. The molecule has 240 valence electrons. The molecule has 0 radical (unpaired) electrons. The van der Waals surface area contributed by atoms with E-state index in [0.717, 1.165) is 17.5 Å². The summed E-state index contributed by atoms with van der Waals surface area (Å²) in [7, 11) is 0. The molecule has 2 aromatic heterocycles. The van der Waals surface area contributed by atoms with Crippen LogP contribution in [0.1, 0.15) is 76.8 Å². The van der Waals surface area contributed by atoms with Crippen molar-refractivity contribution in [1.29, 1.82) is 0 Å². The number of aryl methyl sites for hydroxylation is 1. The number of halogens is 3. The van der Waals surface area contributed by atoms with E-state index >= 15 is 0 Å². The van der Waals surface area contributed by atoms with E-state index in [1.54, 1.807) is 67.5 Å². The Hall–Kier alpha value is -4.74. The smallest absolute Gasteiger partial charge is 0.461 e. The summed E-state index contributed by atoms with van der Waals surface area (Å²) in [5.74, 6) is 1.30. The molecule has 2 heterocycles. The van der Waals surface area contributed by atoms with Gasteiger partial charge in [-0.25, -0.2) is 14.6 Å². The van der Waals surface area contributed by atoms with Gasteiger partial charge in [-0.2, -0.15) is 13.2 Å². The van der Waals surface area contributed by atoms with E-state index in [0.29, 0.717) is 44.6 Å². The predicted molar refractivity (Wildman–Crippen MR) is 160 cm³/mol. The molecule has 0 aliphatic heterocycles. The fourth-order valence-electron chi connectivity index (χ4n) is 4.14. The second-order valence-electron chi connectivity index (χ2n) is 12.4. The molecule has 0 spiro atoms. The summed E-state index contributed by atoms with van der Waals surface area (Å²) in [5.41, 5.74) is 0.433. The summed E-state index contributed by atoms with van der Waals surface area (Å²) < 4.78 is 61.1. The minimum Gasteiger partial charge on any atom is -0.461 e. The molecule has 2 aromatic carbocycles. The number of rotatable bonds is 5. The number of alkyl halides is 3. The fraction of sp³-hybridized carbons (Fsp3) is 0.364. The van der Waals surface area contributed by atoms with Crippen LogP contribution in [0.4, 0.5) is 22.8 Å². The SMILES string of the molecule is C/C(=C\N(OC(=O)OC(C)(C)C)C(=O)OC(C)(C)C)c1ccc2oc(Cc3nc(-c4ccc(C(F)(F)F)cc4)oc3C)cc2c1. The van der Waals surface area contributed by atoms with Gasteiger partial charge in [0.25, 0.3) is 0 Å². The number of oxazole rings is 1. The van der Waals surface area contributed by atoms with Gasteiger partial charge in [0.05, 0.1) is 23.9 Å². The maximum absolute atomic E-state index is 12.9. The lowest BCUT2D eigenvalue weighted by Gasteiger charge is -2.25. The van der Waals surface area contributed by atoms with Crippen LogP contribution in [0, 0.1) is 6.92 Å². The normalized spacial score (nSPS) is 12.7. The van der Waals surface area contributed by atoms with Gasteiger partial charge in [-0.3, -0.25) is 4.84 Å².